The molecule has 2 aromatic rings. The lowest BCUT2D eigenvalue weighted by molar-refractivity contribution is 0.310. The fourth-order valence-electron chi connectivity index (χ4n) is 1.39. The zero-order valence-corrected chi connectivity index (χ0v) is 9.14. The van der Waals surface area contributed by atoms with Crippen LogP contribution in [0.15, 0.2) is 6.33 Å². The lowest BCUT2D eigenvalue weighted by Crippen LogP contribution is -2.07. The van der Waals surface area contributed by atoms with Crippen molar-refractivity contribution in [2.45, 2.75) is 0 Å². The second-order valence-electron chi connectivity index (χ2n) is 3.31. The van der Waals surface area contributed by atoms with E-state index in [2.05, 4.69) is 30.6 Å². The van der Waals surface area contributed by atoms with Crippen molar-refractivity contribution < 1.29 is 10.2 Å². The van der Waals surface area contributed by atoms with Gasteiger partial charge < -0.3 is 25.8 Å². The summed E-state index contributed by atoms with van der Waals surface area (Å²) in [6.07, 6.45) is 1.40. The maximum Gasteiger partial charge on any atom is 0.202 e. The van der Waals surface area contributed by atoms with Gasteiger partial charge in [0.25, 0.3) is 0 Å². The highest BCUT2D eigenvalue weighted by Gasteiger charge is 2.08. The number of nitrogens with zero attached hydrogens (tertiary/aromatic N) is 3. The second-order valence-corrected chi connectivity index (χ2v) is 3.31. The normalized spacial score (nSPS) is 10.7. The van der Waals surface area contributed by atoms with E-state index in [0.717, 1.165) is 0 Å². The molecular formula is C9H14N6O2. The van der Waals surface area contributed by atoms with E-state index in [4.69, 9.17) is 10.2 Å². The molecule has 2 rings (SSSR count). The van der Waals surface area contributed by atoms with Gasteiger partial charge in [-0.05, 0) is 0 Å². The standard InChI is InChI=1S/C9H14N6O2/c16-3-1-10-7-6-8(13-5-12-7)15-9(14-6)11-2-4-17/h5,16-17H,1-4H2,(H3,10,11,12,13,14,15). The number of hydrogen-bond donors (Lipinski definition) is 5. The van der Waals surface area contributed by atoms with Crippen LogP contribution in [-0.2, 0) is 0 Å². The van der Waals surface area contributed by atoms with Crippen LogP contribution in [0, 0.1) is 0 Å². The van der Waals surface area contributed by atoms with Crippen molar-refractivity contribution >= 4 is 22.9 Å². The minimum absolute atomic E-state index is 0.0231. The SMILES string of the molecule is OCCNc1nc2ncnc(NCCO)c2[nH]1. The average molecular weight is 238 g/mol. The molecule has 0 amide bonds. The van der Waals surface area contributed by atoms with Gasteiger partial charge in [-0.3, -0.25) is 0 Å². The minimum atomic E-state index is 0.0231. The molecule has 8 heteroatoms. The molecule has 0 aliphatic heterocycles. The molecule has 0 fully saturated rings. The Balaban J connectivity index is 2.25. The fourth-order valence-corrected chi connectivity index (χ4v) is 1.39. The van der Waals surface area contributed by atoms with E-state index in [1.807, 2.05) is 0 Å². The number of aliphatic hydroxyl groups is 2. The van der Waals surface area contributed by atoms with Gasteiger partial charge in [-0.15, -0.1) is 0 Å². The lowest BCUT2D eigenvalue weighted by Gasteiger charge is -2.02. The highest BCUT2D eigenvalue weighted by atomic mass is 16.3. The molecule has 2 heterocycles. The van der Waals surface area contributed by atoms with Crippen molar-refractivity contribution in [2.24, 2.45) is 0 Å². The molecule has 0 saturated heterocycles. The summed E-state index contributed by atoms with van der Waals surface area (Å²) in [4.78, 5) is 15.3. The summed E-state index contributed by atoms with van der Waals surface area (Å²) in [6.45, 7) is 0.866. The molecule has 0 unspecified atom stereocenters. The third-order valence-electron chi connectivity index (χ3n) is 2.10. The van der Waals surface area contributed by atoms with E-state index in [1.54, 1.807) is 0 Å². The molecule has 0 atom stereocenters. The quantitative estimate of drug-likeness (QED) is 0.445. The van der Waals surface area contributed by atoms with E-state index in [0.29, 0.717) is 36.0 Å². The van der Waals surface area contributed by atoms with Crippen LogP contribution in [0.25, 0.3) is 11.2 Å². The van der Waals surface area contributed by atoms with Crippen LogP contribution in [0.3, 0.4) is 0 Å². The van der Waals surface area contributed by atoms with Gasteiger partial charge >= 0.3 is 0 Å². The van der Waals surface area contributed by atoms with E-state index in [-0.39, 0.29) is 13.2 Å². The van der Waals surface area contributed by atoms with Crippen molar-refractivity contribution in [2.75, 3.05) is 36.9 Å². The Labute approximate surface area is 97.1 Å². The molecule has 2 aromatic heterocycles. The Morgan fingerprint density at radius 3 is 2.65 bits per heavy atom. The third kappa shape index (κ3) is 2.60. The number of rotatable bonds is 6. The number of hydrogen-bond acceptors (Lipinski definition) is 7. The van der Waals surface area contributed by atoms with Crippen LogP contribution in [0.1, 0.15) is 0 Å². The van der Waals surface area contributed by atoms with Crippen LogP contribution < -0.4 is 10.6 Å². The van der Waals surface area contributed by atoms with Crippen LogP contribution in [0.2, 0.25) is 0 Å². The summed E-state index contributed by atoms with van der Waals surface area (Å²) < 4.78 is 0. The Hall–Kier alpha value is -1.93. The van der Waals surface area contributed by atoms with Crippen molar-refractivity contribution in [3.8, 4) is 0 Å². The second kappa shape index (κ2) is 5.41. The van der Waals surface area contributed by atoms with Gasteiger partial charge in [0.2, 0.25) is 5.95 Å². The molecule has 0 spiro atoms. The van der Waals surface area contributed by atoms with Crippen molar-refractivity contribution in [1.29, 1.82) is 0 Å². The molecule has 0 aliphatic carbocycles. The number of nitrogens with one attached hydrogen (secondary N) is 3. The predicted octanol–water partition coefficient (Wildman–Crippen LogP) is -0.839. The molecule has 0 saturated carbocycles. The molecule has 8 nitrogen and oxygen atoms in total. The molecule has 92 valence electrons. The molecule has 0 aromatic carbocycles. The van der Waals surface area contributed by atoms with E-state index in [9.17, 15) is 0 Å². The molecule has 0 bridgehead atoms. The molecule has 17 heavy (non-hydrogen) atoms. The Bertz CT molecular complexity index is 485. The Kier molecular flexibility index (Phi) is 3.68. The number of aromatic nitrogens is 4. The molecule has 0 aliphatic rings. The maximum absolute atomic E-state index is 8.75. The van der Waals surface area contributed by atoms with E-state index < -0.39 is 0 Å². The number of aliphatic hydroxyl groups excluding tert-OH is 2. The van der Waals surface area contributed by atoms with Gasteiger partial charge in [0.1, 0.15) is 11.8 Å². The van der Waals surface area contributed by atoms with Crippen molar-refractivity contribution in [3.63, 3.8) is 0 Å². The molecule has 0 radical (unpaired) electrons. The fraction of sp³-hybridized carbons (Fsp3) is 0.444. The van der Waals surface area contributed by atoms with Crippen molar-refractivity contribution in [3.05, 3.63) is 6.33 Å². The van der Waals surface area contributed by atoms with E-state index in [1.165, 1.54) is 6.33 Å². The van der Waals surface area contributed by atoms with Crippen molar-refractivity contribution in [1.82, 2.24) is 19.9 Å². The zero-order valence-electron chi connectivity index (χ0n) is 9.14. The first-order chi connectivity index (χ1) is 8.35. The minimum Gasteiger partial charge on any atom is -0.395 e. The summed E-state index contributed by atoms with van der Waals surface area (Å²) in [6, 6.07) is 0. The number of aromatic amines is 1. The van der Waals surface area contributed by atoms with Gasteiger partial charge in [0.05, 0.1) is 13.2 Å². The summed E-state index contributed by atoms with van der Waals surface area (Å²) in [5, 5.41) is 23.3. The number of imidazole rings is 1. The number of fused-ring (bicyclic) bond motifs is 1. The van der Waals surface area contributed by atoms with Gasteiger partial charge in [0, 0.05) is 13.1 Å². The lowest BCUT2D eigenvalue weighted by atomic mass is 10.5. The summed E-state index contributed by atoms with van der Waals surface area (Å²) in [7, 11) is 0. The summed E-state index contributed by atoms with van der Waals surface area (Å²) in [5.41, 5.74) is 1.20. The summed E-state index contributed by atoms with van der Waals surface area (Å²) >= 11 is 0. The Morgan fingerprint density at radius 1 is 1.12 bits per heavy atom. The summed E-state index contributed by atoms with van der Waals surface area (Å²) in [5.74, 6) is 1.12. The first-order valence-electron chi connectivity index (χ1n) is 5.25. The first kappa shape index (κ1) is 11.6. The van der Waals surface area contributed by atoms with Gasteiger partial charge in [-0.1, -0.05) is 0 Å². The van der Waals surface area contributed by atoms with Crippen LogP contribution in [0.5, 0.6) is 0 Å². The van der Waals surface area contributed by atoms with Gasteiger partial charge in [-0.2, -0.15) is 4.98 Å². The largest absolute Gasteiger partial charge is 0.395 e. The molecule has 5 N–H and O–H groups in total. The van der Waals surface area contributed by atoms with Gasteiger partial charge in [-0.25, -0.2) is 9.97 Å². The number of anilines is 2. The van der Waals surface area contributed by atoms with Gasteiger partial charge in [0.15, 0.2) is 11.5 Å². The van der Waals surface area contributed by atoms with Crippen LogP contribution in [0.4, 0.5) is 11.8 Å². The predicted molar refractivity (Wildman–Crippen MR) is 62.8 cm³/mol. The highest BCUT2D eigenvalue weighted by molar-refractivity contribution is 5.84. The smallest absolute Gasteiger partial charge is 0.202 e. The van der Waals surface area contributed by atoms with Crippen LogP contribution in [-0.4, -0.2) is 56.5 Å². The van der Waals surface area contributed by atoms with E-state index >= 15 is 0 Å². The first-order valence-corrected chi connectivity index (χ1v) is 5.25. The van der Waals surface area contributed by atoms with Crippen LogP contribution >= 0.6 is 0 Å². The maximum atomic E-state index is 8.75. The zero-order chi connectivity index (χ0) is 12.1. The molecular weight excluding hydrogens is 224 g/mol. The number of H-pyrrole nitrogens is 1. The Morgan fingerprint density at radius 2 is 1.88 bits per heavy atom. The highest BCUT2D eigenvalue weighted by Crippen LogP contribution is 2.18. The third-order valence-corrected chi connectivity index (χ3v) is 2.10. The average Bonchev–Trinajstić information content (AvgIpc) is 2.77. The topological polar surface area (TPSA) is 119 Å². The monoisotopic (exact) mass is 238 g/mol.